The number of aryl methyl sites for hydroxylation is 2. The van der Waals surface area contributed by atoms with E-state index in [4.69, 9.17) is 21.1 Å². The van der Waals surface area contributed by atoms with E-state index in [0.29, 0.717) is 28.7 Å². The number of nitrogens with zero attached hydrogens (tertiary/aromatic N) is 2. The minimum atomic E-state index is -0.301. The van der Waals surface area contributed by atoms with Crippen LogP contribution in [0.4, 0.5) is 0 Å². The highest BCUT2D eigenvalue weighted by molar-refractivity contribution is 9.10. The summed E-state index contributed by atoms with van der Waals surface area (Å²) in [7, 11) is 1.57. The molecule has 0 saturated carbocycles. The molecule has 4 aromatic rings. The number of methoxy groups -OCH3 is 1. The Morgan fingerprint density at radius 3 is 2.31 bits per heavy atom. The smallest absolute Gasteiger partial charge is 0.271 e. The first-order valence-corrected chi connectivity index (χ1v) is 12.4. The Bertz CT molecular complexity index is 1380. The quantitative estimate of drug-likeness (QED) is 0.187. The topological polar surface area (TPSA) is 64.8 Å². The fourth-order valence-corrected chi connectivity index (χ4v) is 4.28. The number of halogens is 2. The Kier molecular flexibility index (Phi) is 8.13. The number of ether oxygens (including phenoxy) is 2. The predicted molar refractivity (Wildman–Crippen MR) is 147 cm³/mol. The van der Waals surface area contributed by atoms with Crippen LogP contribution in [0.15, 0.2) is 82.4 Å². The summed E-state index contributed by atoms with van der Waals surface area (Å²) in [4.78, 5) is 12.6. The minimum absolute atomic E-state index is 0.301. The van der Waals surface area contributed by atoms with Gasteiger partial charge in [-0.15, -0.1) is 0 Å². The average molecular weight is 567 g/mol. The zero-order valence-electron chi connectivity index (χ0n) is 20.1. The van der Waals surface area contributed by atoms with Crippen LogP contribution in [0.1, 0.15) is 32.9 Å². The molecule has 1 amide bonds. The van der Waals surface area contributed by atoms with Crippen molar-refractivity contribution in [1.29, 1.82) is 0 Å². The maximum Gasteiger partial charge on any atom is 0.271 e. The van der Waals surface area contributed by atoms with E-state index < -0.39 is 0 Å². The number of aromatic nitrogens is 1. The SMILES string of the molecule is COc1cc(C=NNC(=O)c2ccc(-n3c(C)ccc3C)cc2)c(Br)cc1OCc1ccc(Cl)cc1. The molecule has 1 heterocycles. The normalized spacial score (nSPS) is 11.0. The van der Waals surface area contributed by atoms with Gasteiger partial charge in [0.05, 0.1) is 13.3 Å². The van der Waals surface area contributed by atoms with Gasteiger partial charge in [0.15, 0.2) is 11.5 Å². The number of rotatable bonds is 8. The predicted octanol–water partition coefficient (Wildman–Crippen LogP) is 6.86. The summed E-state index contributed by atoms with van der Waals surface area (Å²) >= 11 is 9.48. The molecule has 1 aromatic heterocycles. The maximum absolute atomic E-state index is 12.6. The van der Waals surface area contributed by atoms with Gasteiger partial charge in [0.2, 0.25) is 0 Å². The van der Waals surface area contributed by atoms with Crippen molar-refractivity contribution in [2.45, 2.75) is 20.5 Å². The van der Waals surface area contributed by atoms with Crippen LogP contribution < -0.4 is 14.9 Å². The third kappa shape index (κ3) is 5.98. The summed E-state index contributed by atoms with van der Waals surface area (Å²) in [6.07, 6.45) is 1.55. The Morgan fingerprint density at radius 2 is 1.67 bits per heavy atom. The van der Waals surface area contributed by atoms with Crippen molar-refractivity contribution < 1.29 is 14.3 Å². The molecule has 0 radical (unpaired) electrons. The first-order chi connectivity index (χ1) is 17.4. The number of amides is 1. The van der Waals surface area contributed by atoms with E-state index in [1.165, 1.54) is 0 Å². The van der Waals surface area contributed by atoms with Crippen LogP contribution in [0.2, 0.25) is 5.02 Å². The number of carbonyl (C=O) groups excluding carboxylic acids is 1. The van der Waals surface area contributed by atoms with Crippen LogP contribution >= 0.6 is 27.5 Å². The van der Waals surface area contributed by atoms with Crippen molar-refractivity contribution in [2.75, 3.05) is 7.11 Å². The molecule has 0 bridgehead atoms. The summed E-state index contributed by atoms with van der Waals surface area (Å²) in [5.74, 6) is 0.824. The fraction of sp³-hybridized carbons (Fsp3) is 0.143. The number of nitrogens with one attached hydrogen (secondary N) is 1. The van der Waals surface area contributed by atoms with E-state index in [1.807, 2.05) is 56.3 Å². The van der Waals surface area contributed by atoms with Crippen molar-refractivity contribution in [3.8, 4) is 17.2 Å². The lowest BCUT2D eigenvalue weighted by atomic mass is 10.2. The fourth-order valence-electron chi connectivity index (χ4n) is 3.73. The lowest BCUT2D eigenvalue weighted by Crippen LogP contribution is -2.17. The molecule has 1 N–H and O–H groups in total. The summed E-state index contributed by atoms with van der Waals surface area (Å²) in [5, 5.41) is 4.79. The van der Waals surface area contributed by atoms with Crippen LogP contribution in [-0.4, -0.2) is 23.8 Å². The molecule has 0 aliphatic rings. The molecule has 0 atom stereocenters. The van der Waals surface area contributed by atoms with Crippen molar-refractivity contribution >= 4 is 39.7 Å². The zero-order chi connectivity index (χ0) is 25.7. The summed E-state index contributed by atoms with van der Waals surface area (Å²) in [6.45, 7) is 4.47. The molecular formula is C28H25BrClN3O3. The largest absolute Gasteiger partial charge is 0.493 e. The van der Waals surface area contributed by atoms with E-state index in [-0.39, 0.29) is 5.91 Å². The molecule has 0 aliphatic carbocycles. The van der Waals surface area contributed by atoms with Gasteiger partial charge in [0.25, 0.3) is 5.91 Å². The van der Waals surface area contributed by atoms with Crippen LogP contribution in [0, 0.1) is 13.8 Å². The van der Waals surface area contributed by atoms with Crippen molar-refractivity contribution in [1.82, 2.24) is 9.99 Å². The number of hydrogen-bond donors (Lipinski definition) is 1. The molecule has 4 rings (SSSR count). The second-order valence-corrected chi connectivity index (χ2v) is 9.43. The summed E-state index contributed by atoms with van der Waals surface area (Å²) in [5.41, 5.74) is 8.07. The molecule has 0 aliphatic heterocycles. The molecular weight excluding hydrogens is 542 g/mol. The molecule has 0 spiro atoms. The van der Waals surface area contributed by atoms with Gasteiger partial charge in [0.1, 0.15) is 6.61 Å². The van der Waals surface area contributed by atoms with E-state index in [2.05, 4.69) is 43.2 Å². The Labute approximate surface area is 223 Å². The maximum atomic E-state index is 12.6. The molecule has 6 nitrogen and oxygen atoms in total. The molecule has 0 unspecified atom stereocenters. The van der Waals surface area contributed by atoms with E-state index in [9.17, 15) is 4.79 Å². The van der Waals surface area contributed by atoms with E-state index >= 15 is 0 Å². The average Bonchev–Trinajstić information content (AvgIpc) is 3.22. The van der Waals surface area contributed by atoms with Crippen molar-refractivity contribution in [3.05, 3.63) is 110 Å². The first kappa shape index (κ1) is 25.5. The van der Waals surface area contributed by atoms with Crippen LogP contribution in [-0.2, 0) is 6.61 Å². The highest BCUT2D eigenvalue weighted by Crippen LogP contribution is 2.33. The van der Waals surface area contributed by atoms with E-state index in [1.54, 1.807) is 31.5 Å². The standard InChI is InChI=1S/C28H25BrClN3O3/c1-18-4-5-19(2)33(18)24-12-8-21(9-13-24)28(34)32-31-16-22-14-26(35-3)27(15-25(22)29)36-17-20-6-10-23(30)11-7-20/h4-16H,17H2,1-3H3,(H,32,34). The number of hydrogen-bond acceptors (Lipinski definition) is 4. The van der Waals surface area contributed by atoms with Gasteiger partial charge in [-0.05, 0) is 96.0 Å². The van der Waals surface area contributed by atoms with Gasteiger partial charge >= 0.3 is 0 Å². The highest BCUT2D eigenvalue weighted by atomic mass is 79.9. The first-order valence-electron chi connectivity index (χ1n) is 11.2. The lowest BCUT2D eigenvalue weighted by Gasteiger charge is -2.13. The second-order valence-electron chi connectivity index (χ2n) is 8.14. The van der Waals surface area contributed by atoms with Crippen molar-refractivity contribution in [3.63, 3.8) is 0 Å². The lowest BCUT2D eigenvalue weighted by molar-refractivity contribution is 0.0955. The molecule has 0 fully saturated rings. The highest BCUT2D eigenvalue weighted by Gasteiger charge is 2.11. The number of carbonyl (C=O) groups is 1. The summed E-state index contributed by atoms with van der Waals surface area (Å²) < 4.78 is 14.3. The molecule has 184 valence electrons. The van der Waals surface area contributed by atoms with Gasteiger partial charge in [-0.1, -0.05) is 23.7 Å². The summed E-state index contributed by atoms with van der Waals surface area (Å²) in [6, 6.07) is 22.6. The monoisotopic (exact) mass is 565 g/mol. The third-order valence-corrected chi connectivity index (χ3v) is 6.56. The van der Waals surface area contributed by atoms with Crippen LogP contribution in [0.3, 0.4) is 0 Å². The minimum Gasteiger partial charge on any atom is -0.493 e. The number of hydrazone groups is 1. The van der Waals surface area contributed by atoms with Gasteiger partial charge in [0, 0.05) is 37.7 Å². The number of benzene rings is 3. The molecule has 8 heteroatoms. The van der Waals surface area contributed by atoms with Crippen LogP contribution in [0.5, 0.6) is 11.5 Å². The van der Waals surface area contributed by atoms with Gasteiger partial charge in [-0.2, -0.15) is 5.10 Å². The Balaban J connectivity index is 1.41. The molecule has 3 aromatic carbocycles. The van der Waals surface area contributed by atoms with E-state index in [0.717, 1.165) is 32.7 Å². The van der Waals surface area contributed by atoms with Crippen LogP contribution in [0.25, 0.3) is 5.69 Å². The Hall–Kier alpha value is -3.55. The third-order valence-electron chi connectivity index (χ3n) is 5.62. The van der Waals surface area contributed by atoms with Gasteiger partial charge < -0.3 is 14.0 Å². The van der Waals surface area contributed by atoms with Crippen molar-refractivity contribution in [2.24, 2.45) is 5.10 Å². The molecule has 0 saturated heterocycles. The second kappa shape index (κ2) is 11.5. The zero-order valence-corrected chi connectivity index (χ0v) is 22.4. The molecule has 36 heavy (non-hydrogen) atoms. The van der Waals surface area contributed by atoms with Gasteiger partial charge in [-0.3, -0.25) is 4.79 Å². The Morgan fingerprint density at radius 1 is 1.00 bits per heavy atom. The van der Waals surface area contributed by atoms with Gasteiger partial charge in [-0.25, -0.2) is 5.43 Å².